The number of benzene rings is 1. The van der Waals surface area contributed by atoms with E-state index in [1.165, 1.54) is 0 Å². The molecule has 2 N–H and O–H groups in total. The quantitative estimate of drug-likeness (QED) is 0.666. The van der Waals surface area contributed by atoms with E-state index in [4.69, 9.17) is 10.2 Å². The molecule has 82 valence electrons. The molecule has 0 fully saturated rings. The van der Waals surface area contributed by atoms with E-state index in [9.17, 15) is 0 Å². The number of hydrogen-bond donors (Lipinski definition) is 2. The molecule has 0 bridgehead atoms. The zero-order valence-corrected chi connectivity index (χ0v) is 13.9. The molecule has 0 amide bonds. The molecule has 0 aliphatic heterocycles. The van der Waals surface area contributed by atoms with Crippen molar-refractivity contribution >= 4 is 0 Å². The van der Waals surface area contributed by atoms with Gasteiger partial charge >= 0.3 is 31.1 Å². The molecule has 0 aromatic heterocycles. The van der Waals surface area contributed by atoms with Gasteiger partial charge in [0.2, 0.25) is 0 Å². The smallest absolute Gasteiger partial charge is 0.387 e. The van der Waals surface area contributed by atoms with Crippen molar-refractivity contribution in [1.29, 1.82) is 0 Å². The molecule has 0 unspecified atom stereocenters. The molecular weight excluding hydrogens is 414 g/mol. The number of rotatable bonds is 1. The van der Waals surface area contributed by atoms with Gasteiger partial charge in [0.25, 0.3) is 0 Å². The van der Waals surface area contributed by atoms with E-state index >= 15 is 0 Å². The predicted octanol–water partition coefficient (Wildman–Crippen LogP) is 2.01. The fraction of sp³-hybridized carbons (Fsp3) is 0.500. The molecule has 0 saturated heterocycles. The Labute approximate surface area is 116 Å². The van der Waals surface area contributed by atoms with Crippen LogP contribution in [0.4, 0.5) is 0 Å². The van der Waals surface area contributed by atoms with Crippen LogP contribution in [0.2, 0.25) is 0 Å². The van der Waals surface area contributed by atoms with Crippen molar-refractivity contribution in [3.8, 4) is 0 Å². The summed E-state index contributed by atoms with van der Waals surface area (Å²) in [6.07, 6.45) is 0. The summed E-state index contributed by atoms with van der Waals surface area (Å²) in [5.41, 5.74) is -2.01. The second-order valence-corrected chi connectivity index (χ2v) is 4.20. The third kappa shape index (κ3) is 9.14. The van der Waals surface area contributed by atoms with Gasteiger partial charge in [0.05, 0.1) is 11.2 Å². The van der Waals surface area contributed by atoms with Crippen molar-refractivity contribution in [2.45, 2.75) is 38.9 Å². The molecule has 1 aromatic carbocycles. The standard InChI is InChI=1S/C6H14O2.C6H5.U/c1-5(2,7)6(3,4)8;1-2-4-6-5-3-1;/h7-8H,1-4H3;1-5H;/q;-1;+2. The van der Waals surface area contributed by atoms with Gasteiger partial charge in [-0.2, -0.15) is 36.4 Å². The molecule has 2 nitrogen and oxygen atoms in total. The van der Waals surface area contributed by atoms with Crippen molar-refractivity contribution in [3.05, 3.63) is 36.4 Å². The summed E-state index contributed by atoms with van der Waals surface area (Å²) >= 11 is 0. The van der Waals surface area contributed by atoms with Crippen LogP contribution >= 0.6 is 0 Å². The van der Waals surface area contributed by atoms with Crippen molar-refractivity contribution in [2.24, 2.45) is 0 Å². The summed E-state index contributed by atoms with van der Waals surface area (Å²) in [5.74, 6) is 0. The Morgan fingerprint density at radius 2 is 1.13 bits per heavy atom. The molecule has 0 aliphatic rings. The minimum absolute atomic E-state index is 0. The van der Waals surface area contributed by atoms with Gasteiger partial charge in [-0.15, -0.1) is 0 Å². The van der Waals surface area contributed by atoms with E-state index in [0.717, 1.165) is 0 Å². The van der Waals surface area contributed by atoms with Crippen molar-refractivity contribution in [3.63, 3.8) is 0 Å². The molecular formula is C12H19O2U+. The van der Waals surface area contributed by atoms with Gasteiger partial charge in [0.1, 0.15) is 0 Å². The monoisotopic (exact) mass is 433 g/mol. The molecule has 0 aliphatic carbocycles. The Bertz CT molecular complexity index is 195. The predicted molar refractivity (Wildman–Crippen MR) is 57.9 cm³/mol. The van der Waals surface area contributed by atoms with E-state index in [1.54, 1.807) is 27.7 Å². The Morgan fingerprint density at radius 3 is 1.20 bits per heavy atom. The molecule has 0 atom stereocenters. The Balaban J connectivity index is 0. The Hall–Kier alpha value is 0.192. The summed E-state index contributed by atoms with van der Waals surface area (Å²) in [7, 11) is 0. The number of hydrogen-bond acceptors (Lipinski definition) is 2. The molecule has 3 heteroatoms. The van der Waals surface area contributed by atoms with Gasteiger partial charge in [-0.1, -0.05) is 0 Å². The maximum atomic E-state index is 9.10. The molecule has 15 heavy (non-hydrogen) atoms. The second kappa shape index (κ2) is 7.46. The molecule has 1 aromatic rings. The fourth-order valence-corrected chi connectivity index (χ4v) is 0.342. The first kappa shape index (κ1) is 17.6. The van der Waals surface area contributed by atoms with Gasteiger partial charge in [-0.05, 0) is 27.7 Å². The maximum absolute atomic E-state index is 9.10. The first-order chi connectivity index (χ1) is 6.25. The third-order valence-corrected chi connectivity index (χ3v) is 2.10. The minimum Gasteiger partial charge on any atom is -0.387 e. The zero-order chi connectivity index (χ0) is 11.2. The molecule has 1 rings (SSSR count). The fourth-order valence-electron chi connectivity index (χ4n) is 0.342. The van der Waals surface area contributed by atoms with Crippen LogP contribution in [-0.2, 0) is 0 Å². The topological polar surface area (TPSA) is 40.5 Å². The summed E-state index contributed by atoms with van der Waals surface area (Å²) < 4.78 is 0. The van der Waals surface area contributed by atoms with Gasteiger partial charge in [-0.3, -0.25) is 0 Å². The van der Waals surface area contributed by atoms with Crippen LogP contribution in [0.25, 0.3) is 0 Å². The van der Waals surface area contributed by atoms with Crippen LogP contribution in [0.3, 0.4) is 0 Å². The van der Waals surface area contributed by atoms with Gasteiger partial charge in [0, 0.05) is 0 Å². The van der Waals surface area contributed by atoms with Crippen molar-refractivity contribution < 1.29 is 41.3 Å². The first-order valence-corrected chi connectivity index (χ1v) is 4.61. The first-order valence-electron chi connectivity index (χ1n) is 4.61. The molecule has 0 spiro atoms. The van der Waals surface area contributed by atoms with E-state index in [1.807, 2.05) is 30.3 Å². The minimum atomic E-state index is -1.01. The van der Waals surface area contributed by atoms with Crippen LogP contribution in [0.1, 0.15) is 27.7 Å². The summed E-state index contributed by atoms with van der Waals surface area (Å²) in [6, 6.07) is 12.5. The van der Waals surface area contributed by atoms with Crippen LogP contribution in [0.15, 0.2) is 30.3 Å². The van der Waals surface area contributed by atoms with Crippen molar-refractivity contribution in [2.75, 3.05) is 0 Å². The Kier molecular flexibility index (Phi) is 8.75. The molecule has 0 heterocycles. The van der Waals surface area contributed by atoms with Gasteiger partial charge in [-0.25, -0.2) is 0 Å². The van der Waals surface area contributed by atoms with Crippen LogP contribution < -0.4 is 0 Å². The average molecular weight is 433 g/mol. The molecule has 0 saturated carbocycles. The average Bonchev–Trinajstić information content (AvgIpc) is 2.05. The van der Waals surface area contributed by atoms with Crippen LogP contribution in [0, 0.1) is 37.2 Å². The van der Waals surface area contributed by atoms with E-state index in [-0.39, 0.29) is 31.1 Å². The second-order valence-electron chi connectivity index (χ2n) is 4.20. The van der Waals surface area contributed by atoms with Gasteiger partial charge < -0.3 is 10.2 Å². The number of aliphatic hydroxyl groups is 2. The SMILES string of the molecule is CC(C)(O)C(C)(C)O.[U+2].[c-]1ccccc1. The zero-order valence-electron chi connectivity index (χ0n) is 9.78. The summed E-state index contributed by atoms with van der Waals surface area (Å²) in [4.78, 5) is 0. The largest absolute Gasteiger partial charge is 2.00 e. The normalized spacial score (nSPS) is 10.8. The van der Waals surface area contributed by atoms with E-state index in [2.05, 4.69) is 6.07 Å². The summed E-state index contributed by atoms with van der Waals surface area (Å²) in [5, 5.41) is 18.2. The van der Waals surface area contributed by atoms with E-state index < -0.39 is 11.2 Å². The van der Waals surface area contributed by atoms with Crippen LogP contribution in [-0.4, -0.2) is 21.4 Å². The van der Waals surface area contributed by atoms with E-state index in [0.29, 0.717) is 0 Å². The maximum Gasteiger partial charge on any atom is 2.00 e. The summed E-state index contributed by atoms with van der Waals surface area (Å²) in [6.45, 7) is 6.31. The van der Waals surface area contributed by atoms with Crippen molar-refractivity contribution in [1.82, 2.24) is 0 Å². The van der Waals surface area contributed by atoms with Crippen LogP contribution in [0.5, 0.6) is 0 Å². The Morgan fingerprint density at radius 1 is 0.800 bits per heavy atom. The van der Waals surface area contributed by atoms with Gasteiger partial charge in [0.15, 0.2) is 0 Å². The third-order valence-electron chi connectivity index (χ3n) is 2.10. The molecule has 0 radical (unpaired) electrons.